The fourth-order valence-electron chi connectivity index (χ4n) is 4.02. The molecular weight excluding hydrogens is 398 g/mol. The predicted octanol–water partition coefficient (Wildman–Crippen LogP) is 4.81. The Hall–Kier alpha value is -4.45. The van der Waals surface area contributed by atoms with E-state index in [9.17, 15) is 4.79 Å². The van der Waals surface area contributed by atoms with Crippen molar-refractivity contribution in [2.24, 2.45) is 0 Å². The number of amides is 1. The number of aromatic nitrogens is 4. The lowest BCUT2D eigenvalue weighted by Crippen LogP contribution is -2.22. The van der Waals surface area contributed by atoms with E-state index in [4.69, 9.17) is 9.97 Å². The highest BCUT2D eigenvalue weighted by molar-refractivity contribution is 6.21. The van der Waals surface area contributed by atoms with E-state index in [-0.39, 0.29) is 5.91 Å². The molecule has 0 saturated carbocycles. The molecule has 0 spiro atoms. The Morgan fingerprint density at radius 2 is 1.34 bits per heavy atom. The minimum Gasteiger partial charge on any atom is -0.348 e. The summed E-state index contributed by atoms with van der Waals surface area (Å²) in [6.45, 7) is 0.469. The van der Waals surface area contributed by atoms with Crippen molar-refractivity contribution in [3.05, 3.63) is 96.3 Å². The molecule has 6 aromatic rings. The summed E-state index contributed by atoms with van der Waals surface area (Å²) in [5, 5.41) is 4.77. The van der Waals surface area contributed by atoms with Crippen molar-refractivity contribution < 1.29 is 4.79 Å². The van der Waals surface area contributed by atoms with Gasteiger partial charge in [-0.1, -0.05) is 30.3 Å². The summed E-state index contributed by atoms with van der Waals surface area (Å²) >= 11 is 0. The first kappa shape index (κ1) is 18.3. The second kappa shape index (κ2) is 7.35. The maximum Gasteiger partial charge on any atom is 0.251 e. The first-order valence-electron chi connectivity index (χ1n) is 10.3. The van der Waals surface area contributed by atoms with Gasteiger partial charge in [-0.2, -0.15) is 0 Å². The summed E-state index contributed by atoms with van der Waals surface area (Å²) in [6.07, 6.45) is 3.52. The molecule has 6 nitrogen and oxygen atoms in total. The third kappa shape index (κ3) is 3.01. The molecule has 6 heteroatoms. The van der Waals surface area contributed by atoms with Crippen LogP contribution in [-0.2, 0) is 6.54 Å². The zero-order chi connectivity index (χ0) is 21.5. The van der Waals surface area contributed by atoms with E-state index in [0.717, 1.165) is 43.9 Å². The van der Waals surface area contributed by atoms with E-state index in [1.807, 2.05) is 60.7 Å². The first-order valence-corrected chi connectivity index (χ1v) is 10.3. The number of carbonyl (C=O) groups excluding carboxylic acids is 1. The van der Waals surface area contributed by atoms with Crippen LogP contribution in [0.5, 0.6) is 0 Å². The molecule has 3 aromatic heterocycles. The van der Waals surface area contributed by atoms with Crippen molar-refractivity contribution in [1.29, 1.82) is 0 Å². The standard InChI is InChI=1S/C26H17N5O/c32-26(29-15-16-6-2-1-3-7-16)17-10-11-20-21(14-17)31-25-19-9-5-13-28-23(19)22-18(24(25)30-20)8-4-12-27-22/h1-14H,15H2,(H,29,32). The average Bonchev–Trinajstić information content (AvgIpc) is 2.87. The lowest BCUT2D eigenvalue weighted by molar-refractivity contribution is 0.0951. The van der Waals surface area contributed by atoms with E-state index < -0.39 is 0 Å². The molecule has 0 saturated heterocycles. The van der Waals surface area contributed by atoms with Crippen LogP contribution in [0.2, 0.25) is 0 Å². The van der Waals surface area contributed by atoms with Crippen LogP contribution >= 0.6 is 0 Å². The topological polar surface area (TPSA) is 80.7 Å². The minimum absolute atomic E-state index is 0.146. The Labute approximate surface area is 183 Å². The number of nitrogens with one attached hydrogen (secondary N) is 1. The monoisotopic (exact) mass is 415 g/mol. The summed E-state index contributed by atoms with van der Waals surface area (Å²) in [7, 11) is 0. The number of benzene rings is 3. The molecule has 0 aliphatic rings. The van der Waals surface area contributed by atoms with E-state index in [0.29, 0.717) is 17.6 Å². The number of carbonyl (C=O) groups is 1. The molecule has 1 amide bonds. The third-order valence-corrected chi connectivity index (χ3v) is 5.57. The Kier molecular flexibility index (Phi) is 4.21. The zero-order valence-corrected chi connectivity index (χ0v) is 17.0. The number of rotatable bonds is 3. The summed E-state index contributed by atoms with van der Waals surface area (Å²) in [5.41, 5.74) is 6.12. The van der Waals surface area contributed by atoms with Crippen LogP contribution in [-0.4, -0.2) is 25.8 Å². The molecule has 3 heterocycles. The number of pyridine rings is 2. The molecule has 0 radical (unpaired) electrons. The van der Waals surface area contributed by atoms with Gasteiger partial charge in [-0.05, 0) is 48.0 Å². The average molecular weight is 415 g/mol. The first-order chi connectivity index (χ1) is 15.8. The van der Waals surface area contributed by atoms with Gasteiger partial charge in [0.05, 0.1) is 33.1 Å². The van der Waals surface area contributed by atoms with Crippen LogP contribution < -0.4 is 5.32 Å². The molecule has 32 heavy (non-hydrogen) atoms. The van der Waals surface area contributed by atoms with Crippen LogP contribution in [0.4, 0.5) is 0 Å². The van der Waals surface area contributed by atoms with Crippen LogP contribution in [0.15, 0.2) is 85.2 Å². The lowest BCUT2D eigenvalue weighted by atomic mass is 10.1. The minimum atomic E-state index is -0.146. The van der Waals surface area contributed by atoms with Crippen molar-refractivity contribution in [2.45, 2.75) is 6.54 Å². The molecule has 0 aliphatic carbocycles. The van der Waals surface area contributed by atoms with Crippen molar-refractivity contribution in [3.63, 3.8) is 0 Å². The Morgan fingerprint density at radius 3 is 2.03 bits per heavy atom. The van der Waals surface area contributed by atoms with E-state index in [1.165, 1.54) is 0 Å². The fourth-order valence-corrected chi connectivity index (χ4v) is 4.02. The van der Waals surface area contributed by atoms with Gasteiger partial charge in [0.2, 0.25) is 0 Å². The smallest absolute Gasteiger partial charge is 0.251 e. The molecule has 152 valence electrons. The van der Waals surface area contributed by atoms with Gasteiger partial charge in [-0.15, -0.1) is 0 Å². The molecule has 0 unspecified atom stereocenters. The van der Waals surface area contributed by atoms with E-state index in [2.05, 4.69) is 15.3 Å². The fraction of sp³-hybridized carbons (Fsp3) is 0.0385. The summed E-state index contributed by atoms with van der Waals surface area (Å²) in [5.74, 6) is -0.146. The molecular formula is C26H17N5O. The quantitative estimate of drug-likeness (QED) is 0.331. The molecule has 6 rings (SSSR count). The third-order valence-electron chi connectivity index (χ3n) is 5.57. The van der Waals surface area contributed by atoms with Gasteiger partial charge < -0.3 is 5.32 Å². The summed E-state index contributed by atoms with van der Waals surface area (Å²) in [4.78, 5) is 31.6. The molecule has 0 fully saturated rings. The van der Waals surface area contributed by atoms with Crippen molar-refractivity contribution in [1.82, 2.24) is 25.3 Å². The Balaban J connectivity index is 1.48. The highest BCUT2D eigenvalue weighted by Crippen LogP contribution is 2.31. The highest BCUT2D eigenvalue weighted by Gasteiger charge is 2.14. The lowest BCUT2D eigenvalue weighted by Gasteiger charge is -2.10. The number of fused-ring (bicyclic) bond motifs is 7. The summed E-state index contributed by atoms with van der Waals surface area (Å²) in [6, 6.07) is 23.0. The highest BCUT2D eigenvalue weighted by atomic mass is 16.1. The normalized spacial score (nSPS) is 11.4. The van der Waals surface area contributed by atoms with E-state index >= 15 is 0 Å². The van der Waals surface area contributed by atoms with Gasteiger partial charge in [-0.25, -0.2) is 9.97 Å². The van der Waals surface area contributed by atoms with Gasteiger partial charge in [0, 0.05) is 35.3 Å². The molecule has 1 N–H and O–H groups in total. The van der Waals surface area contributed by atoms with Gasteiger partial charge in [0.25, 0.3) is 5.91 Å². The second-order valence-corrected chi connectivity index (χ2v) is 7.59. The number of nitrogens with zero attached hydrogens (tertiary/aromatic N) is 4. The molecule has 0 atom stereocenters. The zero-order valence-electron chi connectivity index (χ0n) is 17.0. The van der Waals surface area contributed by atoms with Crippen LogP contribution in [0.1, 0.15) is 15.9 Å². The Morgan fingerprint density at radius 1 is 0.688 bits per heavy atom. The van der Waals surface area contributed by atoms with Crippen molar-refractivity contribution >= 4 is 49.8 Å². The summed E-state index contributed by atoms with van der Waals surface area (Å²) < 4.78 is 0. The van der Waals surface area contributed by atoms with Gasteiger partial charge in [-0.3, -0.25) is 14.8 Å². The Bertz CT molecular complexity index is 1650. The maximum atomic E-state index is 12.7. The largest absolute Gasteiger partial charge is 0.348 e. The molecule has 0 bridgehead atoms. The maximum absolute atomic E-state index is 12.7. The van der Waals surface area contributed by atoms with Gasteiger partial charge in [0.15, 0.2) is 0 Å². The van der Waals surface area contributed by atoms with Crippen LogP contribution in [0.3, 0.4) is 0 Å². The van der Waals surface area contributed by atoms with E-state index in [1.54, 1.807) is 24.5 Å². The number of hydrogen-bond donors (Lipinski definition) is 1. The predicted molar refractivity (Wildman–Crippen MR) is 125 cm³/mol. The van der Waals surface area contributed by atoms with Gasteiger partial charge >= 0.3 is 0 Å². The molecule has 0 aliphatic heterocycles. The second-order valence-electron chi connectivity index (χ2n) is 7.59. The van der Waals surface area contributed by atoms with Crippen LogP contribution in [0, 0.1) is 0 Å². The SMILES string of the molecule is O=C(NCc1ccccc1)c1ccc2nc3c4cccnc4c4ncccc4c3nc2c1. The van der Waals surface area contributed by atoms with Crippen molar-refractivity contribution in [3.8, 4) is 0 Å². The van der Waals surface area contributed by atoms with Crippen molar-refractivity contribution in [2.75, 3.05) is 0 Å². The van der Waals surface area contributed by atoms with Crippen LogP contribution in [0.25, 0.3) is 43.9 Å². The number of hydrogen-bond acceptors (Lipinski definition) is 5. The molecule has 3 aromatic carbocycles. The van der Waals surface area contributed by atoms with Gasteiger partial charge in [0.1, 0.15) is 0 Å².